The van der Waals surface area contributed by atoms with Crippen molar-refractivity contribution in [1.29, 1.82) is 0 Å². The second-order valence-corrected chi connectivity index (χ2v) is 5.42. The Balaban J connectivity index is 1.98. The minimum Gasteiger partial charge on any atom is -0.355 e. The lowest BCUT2D eigenvalue weighted by molar-refractivity contribution is 0.425. The number of fused-ring (bicyclic) bond motifs is 1. The molecule has 0 radical (unpaired) electrons. The van der Waals surface area contributed by atoms with E-state index in [0.29, 0.717) is 12.6 Å². The molecule has 0 atom stereocenters. The van der Waals surface area contributed by atoms with Crippen LogP contribution in [0.15, 0.2) is 24.4 Å². The van der Waals surface area contributed by atoms with Crippen LogP contribution in [-0.2, 0) is 6.54 Å². The number of hydrogen-bond donors (Lipinski definition) is 1. The predicted octanol–water partition coefficient (Wildman–Crippen LogP) is 2.56. The summed E-state index contributed by atoms with van der Waals surface area (Å²) in [4.78, 5) is 7.11. The maximum atomic E-state index is 5.94. The summed E-state index contributed by atoms with van der Waals surface area (Å²) in [6, 6.07) is 6.70. The molecule has 0 unspecified atom stereocenters. The number of pyridine rings is 1. The third-order valence-electron chi connectivity index (χ3n) is 4.26. The van der Waals surface area contributed by atoms with E-state index in [0.717, 1.165) is 17.2 Å². The minimum atomic E-state index is 0.525. The van der Waals surface area contributed by atoms with E-state index in [9.17, 15) is 0 Å². The molecule has 0 amide bonds. The zero-order valence-corrected chi connectivity index (χ0v) is 11.5. The lowest BCUT2D eigenvalue weighted by atomic mass is 9.94. The molecule has 1 fully saturated rings. The van der Waals surface area contributed by atoms with Gasteiger partial charge in [-0.2, -0.15) is 0 Å². The van der Waals surface area contributed by atoms with Gasteiger partial charge in [0, 0.05) is 25.8 Å². The zero-order valence-electron chi connectivity index (χ0n) is 11.5. The first-order chi connectivity index (χ1) is 9.31. The van der Waals surface area contributed by atoms with Gasteiger partial charge >= 0.3 is 0 Å². The van der Waals surface area contributed by atoms with Crippen LogP contribution >= 0.6 is 0 Å². The van der Waals surface area contributed by atoms with Gasteiger partial charge in [0.15, 0.2) is 5.82 Å². The van der Waals surface area contributed by atoms with Gasteiger partial charge in [0.25, 0.3) is 0 Å². The van der Waals surface area contributed by atoms with Crippen LogP contribution in [-0.4, -0.2) is 22.5 Å². The lowest BCUT2D eigenvalue weighted by Gasteiger charge is -2.32. The van der Waals surface area contributed by atoms with Gasteiger partial charge in [-0.25, -0.2) is 4.98 Å². The molecule has 1 aliphatic carbocycles. The molecule has 19 heavy (non-hydrogen) atoms. The number of anilines is 1. The molecule has 1 saturated carbocycles. The topological polar surface area (TPSA) is 46.6 Å². The first-order valence-corrected chi connectivity index (χ1v) is 7.20. The molecule has 2 N–H and O–H groups in total. The fourth-order valence-electron chi connectivity index (χ4n) is 3.15. The molecule has 0 spiro atoms. The van der Waals surface area contributed by atoms with Crippen LogP contribution < -0.4 is 10.6 Å². The van der Waals surface area contributed by atoms with Gasteiger partial charge in [-0.15, -0.1) is 0 Å². The van der Waals surface area contributed by atoms with Crippen molar-refractivity contribution in [3.63, 3.8) is 0 Å². The molecule has 4 nitrogen and oxygen atoms in total. The molecule has 3 rings (SSSR count). The monoisotopic (exact) mass is 258 g/mol. The van der Waals surface area contributed by atoms with Crippen molar-refractivity contribution in [1.82, 2.24) is 9.38 Å². The Morgan fingerprint density at radius 2 is 2.11 bits per heavy atom. The highest BCUT2D eigenvalue weighted by molar-refractivity contribution is 5.56. The minimum absolute atomic E-state index is 0.525. The summed E-state index contributed by atoms with van der Waals surface area (Å²) in [5.74, 6) is 1.06. The Hall–Kier alpha value is -1.55. The van der Waals surface area contributed by atoms with E-state index in [2.05, 4.69) is 16.3 Å². The summed E-state index contributed by atoms with van der Waals surface area (Å²) < 4.78 is 2.11. The Kier molecular flexibility index (Phi) is 3.42. The molecule has 0 bridgehead atoms. The van der Waals surface area contributed by atoms with E-state index in [4.69, 9.17) is 10.7 Å². The number of imidazole rings is 1. The summed E-state index contributed by atoms with van der Waals surface area (Å²) in [6.45, 7) is 0.525. The number of hydrogen-bond acceptors (Lipinski definition) is 3. The van der Waals surface area contributed by atoms with Crippen molar-refractivity contribution in [2.45, 2.75) is 44.7 Å². The van der Waals surface area contributed by atoms with Crippen molar-refractivity contribution >= 4 is 11.5 Å². The molecule has 2 heterocycles. The highest BCUT2D eigenvalue weighted by atomic mass is 15.2. The lowest BCUT2D eigenvalue weighted by Crippen LogP contribution is -2.34. The summed E-state index contributed by atoms with van der Waals surface area (Å²) in [5, 5.41) is 0. The molecule has 0 saturated heterocycles. The third-order valence-corrected chi connectivity index (χ3v) is 4.26. The van der Waals surface area contributed by atoms with E-state index in [1.54, 1.807) is 0 Å². The second-order valence-electron chi connectivity index (χ2n) is 5.42. The Morgan fingerprint density at radius 1 is 1.32 bits per heavy atom. The average molecular weight is 258 g/mol. The maximum Gasteiger partial charge on any atom is 0.152 e. The van der Waals surface area contributed by atoms with Crippen molar-refractivity contribution < 1.29 is 0 Å². The highest BCUT2D eigenvalue weighted by Gasteiger charge is 2.22. The highest BCUT2D eigenvalue weighted by Crippen LogP contribution is 2.28. The number of rotatable bonds is 3. The molecule has 2 aromatic rings. The predicted molar refractivity (Wildman–Crippen MR) is 78.4 cm³/mol. The van der Waals surface area contributed by atoms with Crippen molar-refractivity contribution in [2.24, 2.45) is 5.73 Å². The quantitative estimate of drug-likeness (QED) is 0.920. The Labute approximate surface area is 114 Å². The van der Waals surface area contributed by atoms with Crippen LogP contribution in [0, 0.1) is 0 Å². The van der Waals surface area contributed by atoms with E-state index in [1.807, 2.05) is 24.4 Å². The van der Waals surface area contributed by atoms with E-state index in [1.165, 1.54) is 32.1 Å². The summed E-state index contributed by atoms with van der Waals surface area (Å²) in [6.07, 6.45) is 8.63. The number of aromatic nitrogens is 2. The Morgan fingerprint density at radius 3 is 2.84 bits per heavy atom. The normalized spacial score (nSPS) is 16.9. The molecule has 1 aliphatic rings. The molecular formula is C15H22N4. The SMILES string of the molecule is CN(c1nc2ccccn2c1CN)C1CCCCC1. The van der Waals surface area contributed by atoms with Gasteiger partial charge in [-0.1, -0.05) is 25.3 Å². The molecule has 0 aliphatic heterocycles. The maximum absolute atomic E-state index is 5.94. The van der Waals surface area contributed by atoms with Crippen LogP contribution in [0.4, 0.5) is 5.82 Å². The van der Waals surface area contributed by atoms with Gasteiger partial charge in [-0.3, -0.25) is 0 Å². The summed E-state index contributed by atoms with van der Waals surface area (Å²) >= 11 is 0. The van der Waals surface area contributed by atoms with Crippen LogP contribution in [0.25, 0.3) is 5.65 Å². The fraction of sp³-hybridized carbons (Fsp3) is 0.533. The van der Waals surface area contributed by atoms with Crippen molar-refractivity contribution in [2.75, 3.05) is 11.9 Å². The van der Waals surface area contributed by atoms with Gasteiger partial charge in [0.1, 0.15) is 5.65 Å². The van der Waals surface area contributed by atoms with E-state index >= 15 is 0 Å². The smallest absolute Gasteiger partial charge is 0.152 e. The first-order valence-electron chi connectivity index (χ1n) is 7.20. The number of nitrogens with two attached hydrogens (primary N) is 1. The largest absolute Gasteiger partial charge is 0.355 e. The van der Waals surface area contributed by atoms with E-state index in [-0.39, 0.29) is 0 Å². The van der Waals surface area contributed by atoms with Gasteiger partial charge in [0.05, 0.1) is 5.69 Å². The van der Waals surface area contributed by atoms with Gasteiger partial charge in [0.2, 0.25) is 0 Å². The summed E-state index contributed by atoms with van der Waals surface area (Å²) in [7, 11) is 2.16. The molecule has 2 aromatic heterocycles. The number of nitrogens with zero attached hydrogens (tertiary/aromatic N) is 3. The van der Waals surface area contributed by atoms with Crippen molar-refractivity contribution in [3.05, 3.63) is 30.1 Å². The Bertz CT molecular complexity index is 554. The van der Waals surface area contributed by atoms with Gasteiger partial charge < -0.3 is 15.0 Å². The molecule has 4 heteroatoms. The fourth-order valence-corrected chi connectivity index (χ4v) is 3.15. The molecule has 0 aromatic carbocycles. The zero-order chi connectivity index (χ0) is 13.2. The van der Waals surface area contributed by atoms with Crippen LogP contribution in [0.5, 0.6) is 0 Å². The standard InChI is InChI=1S/C15H22N4/c1-18(12-7-3-2-4-8-12)15-13(11-16)19-10-6-5-9-14(19)17-15/h5-6,9-10,12H,2-4,7-8,11,16H2,1H3. The summed E-state index contributed by atoms with van der Waals surface area (Å²) in [5.41, 5.74) is 8.04. The third kappa shape index (κ3) is 2.21. The first kappa shape index (κ1) is 12.5. The van der Waals surface area contributed by atoms with Crippen LogP contribution in [0.2, 0.25) is 0 Å². The van der Waals surface area contributed by atoms with Crippen LogP contribution in [0.3, 0.4) is 0 Å². The molecule has 102 valence electrons. The van der Waals surface area contributed by atoms with Gasteiger partial charge in [-0.05, 0) is 25.0 Å². The van der Waals surface area contributed by atoms with E-state index < -0.39 is 0 Å². The van der Waals surface area contributed by atoms with Crippen molar-refractivity contribution in [3.8, 4) is 0 Å². The second kappa shape index (κ2) is 5.21. The molecular weight excluding hydrogens is 236 g/mol. The van der Waals surface area contributed by atoms with Crippen LogP contribution in [0.1, 0.15) is 37.8 Å². The average Bonchev–Trinajstić information content (AvgIpc) is 2.85.